The highest BCUT2D eigenvalue weighted by atomic mass is 32.1. The van der Waals surface area contributed by atoms with Crippen LogP contribution in [-0.4, -0.2) is 16.5 Å². The molecule has 118 valence electrons. The normalized spacial score (nSPS) is 13.8. The average molecular weight is 322 g/mol. The van der Waals surface area contributed by atoms with Gasteiger partial charge in [0, 0.05) is 58.3 Å². The van der Waals surface area contributed by atoms with Crippen molar-refractivity contribution in [3.63, 3.8) is 0 Å². The molecule has 2 aromatic heterocycles. The Hall–Kier alpha value is -2.00. The summed E-state index contributed by atoms with van der Waals surface area (Å²) in [5, 5.41) is 1.42. The van der Waals surface area contributed by atoms with E-state index >= 15 is 0 Å². The second-order valence-corrected chi connectivity index (χ2v) is 7.90. The number of hydrogen-bond donors (Lipinski definition) is 0. The van der Waals surface area contributed by atoms with Crippen molar-refractivity contribution in [1.29, 1.82) is 0 Å². The number of rotatable bonds is 3. The van der Waals surface area contributed by atoms with E-state index in [2.05, 4.69) is 73.0 Å². The van der Waals surface area contributed by atoms with Crippen molar-refractivity contribution >= 4 is 28.3 Å². The first-order valence-corrected chi connectivity index (χ1v) is 8.99. The lowest BCUT2D eigenvalue weighted by Crippen LogP contribution is -2.15. The minimum atomic E-state index is 0.997. The summed E-state index contributed by atoms with van der Waals surface area (Å²) in [5.41, 5.74) is 5.56. The van der Waals surface area contributed by atoms with Crippen molar-refractivity contribution in [3.8, 4) is 0 Å². The standard InChI is InChI=1S/C20H22N2S/c1-14-4-7-19-17(12-14)18-13-21(3)10-9-20(18)22(19)11-8-16-6-5-15(2)23-16/h4-7,9-10,12H,8,11,13H2,1-3H3. The summed E-state index contributed by atoms with van der Waals surface area (Å²) in [4.78, 5) is 5.13. The van der Waals surface area contributed by atoms with Crippen LogP contribution in [0.1, 0.15) is 26.6 Å². The Balaban J connectivity index is 1.78. The van der Waals surface area contributed by atoms with Crippen molar-refractivity contribution in [2.45, 2.75) is 33.4 Å². The van der Waals surface area contributed by atoms with Gasteiger partial charge in [0.15, 0.2) is 0 Å². The van der Waals surface area contributed by atoms with Crippen LogP contribution in [0.5, 0.6) is 0 Å². The molecule has 3 aromatic rings. The molecule has 0 saturated carbocycles. The Labute approximate surface area is 141 Å². The van der Waals surface area contributed by atoms with Crippen LogP contribution in [0.2, 0.25) is 0 Å². The lowest BCUT2D eigenvalue weighted by molar-refractivity contribution is 0.447. The zero-order valence-electron chi connectivity index (χ0n) is 14.0. The smallest absolute Gasteiger partial charge is 0.0488 e. The van der Waals surface area contributed by atoms with Crippen LogP contribution in [0, 0.1) is 13.8 Å². The van der Waals surface area contributed by atoms with Gasteiger partial charge in [0.25, 0.3) is 0 Å². The molecule has 0 aliphatic carbocycles. The molecule has 23 heavy (non-hydrogen) atoms. The molecule has 0 amide bonds. The Morgan fingerprint density at radius 3 is 2.78 bits per heavy atom. The first-order chi connectivity index (χ1) is 11.1. The summed E-state index contributed by atoms with van der Waals surface area (Å²) in [6.07, 6.45) is 5.57. The van der Waals surface area contributed by atoms with Crippen molar-refractivity contribution in [2.24, 2.45) is 0 Å². The van der Waals surface area contributed by atoms with Gasteiger partial charge in [-0.05, 0) is 50.6 Å². The maximum absolute atomic E-state index is 2.50. The number of aryl methyl sites for hydroxylation is 4. The minimum Gasteiger partial charge on any atom is -0.376 e. The van der Waals surface area contributed by atoms with E-state index in [4.69, 9.17) is 0 Å². The van der Waals surface area contributed by atoms with Crippen molar-refractivity contribution in [2.75, 3.05) is 7.05 Å². The van der Waals surface area contributed by atoms with Crippen molar-refractivity contribution in [3.05, 3.63) is 63.1 Å². The van der Waals surface area contributed by atoms with Gasteiger partial charge >= 0.3 is 0 Å². The molecule has 4 rings (SSSR count). The number of hydrogen-bond acceptors (Lipinski definition) is 2. The fourth-order valence-electron chi connectivity index (χ4n) is 3.50. The maximum Gasteiger partial charge on any atom is 0.0488 e. The summed E-state index contributed by atoms with van der Waals surface area (Å²) >= 11 is 1.92. The summed E-state index contributed by atoms with van der Waals surface area (Å²) in [6.45, 7) is 6.40. The van der Waals surface area contributed by atoms with Crippen LogP contribution in [0.4, 0.5) is 0 Å². The van der Waals surface area contributed by atoms with Gasteiger partial charge in [0.05, 0.1) is 0 Å². The second kappa shape index (κ2) is 5.57. The number of thiophene rings is 1. The molecule has 1 aliphatic heterocycles. The lowest BCUT2D eigenvalue weighted by Gasteiger charge is -2.20. The van der Waals surface area contributed by atoms with E-state index in [0.29, 0.717) is 0 Å². The summed E-state index contributed by atoms with van der Waals surface area (Å²) in [5.74, 6) is 0. The molecule has 1 aliphatic rings. The number of nitrogens with zero attached hydrogens (tertiary/aromatic N) is 2. The van der Waals surface area contributed by atoms with E-state index in [9.17, 15) is 0 Å². The van der Waals surface area contributed by atoms with E-state index in [1.54, 1.807) is 0 Å². The maximum atomic E-state index is 2.50. The van der Waals surface area contributed by atoms with Crippen molar-refractivity contribution in [1.82, 2.24) is 9.47 Å². The molecule has 1 aromatic carbocycles. The van der Waals surface area contributed by atoms with E-state index < -0.39 is 0 Å². The molecule has 0 fully saturated rings. The molecular weight excluding hydrogens is 300 g/mol. The molecule has 2 nitrogen and oxygen atoms in total. The summed E-state index contributed by atoms with van der Waals surface area (Å²) in [6, 6.07) is 11.4. The van der Waals surface area contributed by atoms with Gasteiger partial charge in [0.1, 0.15) is 0 Å². The van der Waals surface area contributed by atoms with Gasteiger partial charge in [-0.25, -0.2) is 0 Å². The molecule has 0 bridgehead atoms. The van der Waals surface area contributed by atoms with Gasteiger partial charge in [-0.15, -0.1) is 11.3 Å². The Bertz CT molecular complexity index is 898. The molecule has 0 saturated heterocycles. The number of aromatic nitrogens is 1. The molecule has 0 unspecified atom stereocenters. The molecule has 0 N–H and O–H groups in total. The first-order valence-electron chi connectivity index (χ1n) is 8.17. The SMILES string of the molecule is Cc1ccc2c(c1)c1c(n2CCc2ccc(C)s2)C=CN(C)C1. The highest BCUT2D eigenvalue weighted by molar-refractivity contribution is 7.11. The van der Waals surface area contributed by atoms with Gasteiger partial charge < -0.3 is 9.47 Å². The third-order valence-electron chi connectivity index (χ3n) is 4.64. The van der Waals surface area contributed by atoms with Gasteiger partial charge in [-0.1, -0.05) is 11.6 Å². The van der Waals surface area contributed by atoms with Crippen LogP contribution in [0.15, 0.2) is 36.5 Å². The quantitative estimate of drug-likeness (QED) is 0.660. The lowest BCUT2D eigenvalue weighted by atomic mass is 10.1. The zero-order chi connectivity index (χ0) is 16.0. The Morgan fingerprint density at radius 2 is 2.00 bits per heavy atom. The van der Waals surface area contributed by atoms with Crippen LogP contribution in [0.3, 0.4) is 0 Å². The molecule has 0 atom stereocenters. The predicted octanol–water partition coefficient (Wildman–Crippen LogP) is 4.98. The second-order valence-electron chi connectivity index (χ2n) is 6.53. The highest BCUT2D eigenvalue weighted by Gasteiger charge is 2.19. The van der Waals surface area contributed by atoms with Crippen LogP contribution in [-0.2, 0) is 19.5 Å². The summed E-state index contributed by atoms with van der Waals surface area (Å²) in [7, 11) is 2.15. The minimum absolute atomic E-state index is 0.997. The third-order valence-corrected chi connectivity index (χ3v) is 5.70. The van der Waals surface area contributed by atoms with E-state index in [1.807, 2.05) is 11.3 Å². The van der Waals surface area contributed by atoms with Crippen molar-refractivity contribution < 1.29 is 0 Å². The first kappa shape index (κ1) is 14.6. The van der Waals surface area contributed by atoms with E-state index in [-0.39, 0.29) is 0 Å². The highest BCUT2D eigenvalue weighted by Crippen LogP contribution is 2.32. The van der Waals surface area contributed by atoms with E-state index in [0.717, 1.165) is 19.5 Å². The molecule has 3 heteroatoms. The molecular formula is C20H22N2S. The predicted molar refractivity (Wildman–Crippen MR) is 99.9 cm³/mol. The molecule has 0 spiro atoms. The largest absolute Gasteiger partial charge is 0.376 e. The molecule has 0 radical (unpaired) electrons. The monoisotopic (exact) mass is 322 g/mol. The van der Waals surface area contributed by atoms with E-state index in [1.165, 1.54) is 37.5 Å². The zero-order valence-corrected chi connectivity index (χ0v) is 14.8. The van der Waals surface area contributed by atoms with Gasteiger partial charge in [-0.2, -0.15) is 0 Å². The third kappa shape index (κ3) is 2.59. The summed E-state index contributed by atoms with van der Waals surface area (Å²) < 4.78 is 2.50. The van der Waals surface area contributed by atoms with Crippen LogP contribution >= 0.6 is 11.3 Å². The van der Waals surface area contributed by atoms with Crippen LogP contribution < -0.4 is 0 Å². The fourth-order valence-corrected chi connectivity index (χ4v) is 4.38. The number of fused-ring (bicyclic) bond motifs is 3. The van der Waals surface area contributed by atoms with Gasteiger partial charge in [-0.3, -0.25) is 0 Å². The topological polar surface area (TPSA) is 8.17 Å². The number of benzene rings is 1. The van der Waals surface area contributed by atoms with Crippen LogP contribution in [0.25, 0.3) is 17.0 Å². The fraction of sp³-hybridized carbons (Fsp3) is 0.300. The Morgan fingerprint density at radius 1 is 1.13 bits per heavy atom. The molecule has 3 heterocycles. The average Bonchev–Trinajstić information content (AvgIpc) is 3.06. The Kier molecular flexibility index (Phi) is 3.53. The van der Waals surface area contributed by atoms with Gasteiger partial charge in [0.2, 0.25) is 0 Å².